The van der Waals surface area contributed by atoms with Gasteiger partial charge in [0.1, 0.15) is 6.54 Å². The molecule has 8 rings (SSSR count). The summed E-state index contributed by atoms with van der Waals surface area (Å²) in [4.78, 5) is 3.23. The lowest BCUT2D eigenvalue weighted by atomic mass is 9.79. The topological polar surface area (TPSA) is 40.4 Å². The van der Waals surface area contributed by atoms with Crippen molar-refractivity contribution in [1.82, 2.24) is 0 Å². The van der Waals surface area contributed by atoms with Crippen molar-refractivity contribution in [1.29, 1.82) is 0 Å². The zero-order valence-corrected chi connectivity index (χ0v) is 33.3. The molecule has 5 heteroatoms. The van der Waals surface area contributed by atoms with Gasteiger partial charge in [0.05, 0.1) is 15.2 Å². The third-order valence-electron chi connectivity index (χ3n) is 11.9. The van der Waals surface area contributed by atoms with Crippen molar-refractivity contribution in [3.63, 3.8) is 0 Å². The smallest absolute Gasteiger partial charge is 0.210 e. The Labute approximate surface area is 321 Å². The van der Waals surface area contributed by atoms with Gasteiger partial charge in [0.25, 0.3) is 0 Å². The van der Waals surface area contributed by atoms with Crippen molar-refractivity contribution in [3.05, 3.63) is 160 Å². The largest absolute Gasteiger partial charge is 0.344 e. The number of benzene rings is 5. The zero-order chi connectivity index (χ0) is 37.8. The fraction of sp³-hybridized carbons (Fsp3) is 0.286. The van der Waals surface area contributed by atoms with Crippen LogP contribution in [0.3, 0.4) is 0 Å². The van der Waals surface area contributed by atoms with Gasteiger partial charge in [0, 0.05) is 47.5 Å². The van der Waals surface area contributed by atoms with E-state index in [9.17, 15) is 8.42 Å². The summed E-state index contributed by atoms with van der Waals surface area (Å²) in [5.74, 6) is 0. The van der Waals surface area contributed by atoms with Crippen molar-refractivity contribution in [2.24, 2.45) is 0 Å². The fourth-order valence-corrected chi connectivity index (χ4v) is 11.2. The average molecular weight is 732 g/mol. The summed E-state index contributed by atoms with van der Waals surface area (Å²) in [5.41, 5.74) is 8.77. The van der Waals surface area contributed by atoms with Crippen LogP contribution in [0.2, 0.25) is 0 Å². The molecule has 2 heterocycles. The molecule has 0 radical (unpaired) electrons. The van der Waals surface area contributed by atoms with Crippen molar-refractivity contribution >= 4 is 48.5 Å². The summed E-state index contributed by atoms with van der Waals surface area (Å²) < 4.78 is 31.9. The van der Waals surface area contributed by atoms with Gasteiger partial charge < -0.3 is 4.90 Å². The van der Waals surface area contributed by atoms with E-state index in [1.807, 2.05) is 18.2 Å². The maximum atomic E-state index is 14.7. The highest BCUT2D eigenvalue weighted by Crippen LogP contribution is 2.51. The minimum atomic E-state index is -3.80. The Morgan fingerprint density at radius 2 is 1.33 bits per heavy atom. The average Bonchev–Trinajstić information content (AvgIpc) is 3.76. The van der Waals surface area contributed by atoms with Crippen LogP contribution in [-0.4, -0.2) is 31.8 Å². The number of allylic oxidation sites excluding steroid dienone is 7. The normalized spacial score (nSPS) is 19.3. The van der Waals surface area contributed by atoms with Gasteiger partial charge in [-0.1, -0.05) is 113 Å². The number of rotatable bonds is 9. The lowest BCUT2D eigenvalue weighted by Crippen LogP contribution is -2.28. The van der Waals surface area contributed by atoms with Crippen molar-refractivity contribution in [3.8, 4) is 0 Å². The quantitative estimate of drug-likeness (QED) is 0.142. The van der Waals surface area contributed by atoms with Gasteiger partial charge in [0.2, 0.25) is 15.5 Å². The number of fused-ring (bicyclic) bond motifs is 6. The second-order valence-electron chi connectivity index (χ2n) is 16.0. The number of hydrogen-bond donors (Lipinski definition) is 0. The molecule has 5 aromatic rings. The van der Waals surface area contributed by atoms with E-state index in [2.05, 4.69) is 148 Å². The van der Waals surface area contributed by atoms with Gasteiger partial charge >= 0.3 is 0 Å². The molecular formula is C49H51N2O2S+. The van der Waals surface area contributed by atoms with Crippen LogP contribution in [-0.2, 0) is 20.7 Å². The standard InChI is InChI=1S/C49H51N2O2S/c1-7-32-50-41-28-24-34-16-12-14-20-39(34)45(41)48(3,4)43(50)30-26-36-22-23-37(47(36)54(52,53)38-18-10-9-11-19-38)27-31-44-49(5,6)46-40-21-15-13-17-35(40)25-29-42(46)51(44)33-8-2/h9-21,24-31H,7-8,22-23,32-33H2,1-6H3/q+1. The minimum Gasteiger partial charge on any atom is -0.344 e. The van der Waals surface area contributed by atoms with Gasteiger partial charge in [-0.25, -0.2) is 8.42 Å². The van der Waals surface area contributed by atoms with Crippen LogP contribution in [0, 0.1) is 0 Å². The summed E-state index contributed by atoms with van der Waals surface area (Å²) in [6.45, 7) is 15.5. The fourth-order valence-electron chi connectivity index (χ4n) is 9.44. The van der Waals surface area contributed by atoms with E-state index in [4.69, 9.17) is 0 Å². The number of anilines is 1. The van der Waals surface area contributed by atoms with E-state index in [0.29, 0.717) is 22.6 Å². The molecule has 0 N–H and O–H groups in total. The van der Waals surface area contributed by atoms with E-state index >= 15 is 0 Å². The van der Waals surface area contributed by atoms with E-state index in [1.165, 1.54) is 55.5 Å². The molecule has 1 aliphatic carbocycles. The van der Waals surface area contributed by atoms with E-state index in [0.717, 1.165) is 37.1 Å². The molecule has 0 amide bonds. The Hall–Kier alpha value is -5.00. The van der Waals surface area contributed by atoms with Gasteiger partial charge in [0.15, 0.2) is 5.71 Å². The van der Waals surface area contributed by atoms with Crippen molar-refractivity contribution in [2.75, 3.05) is 18.0 Å². The Bertz CT molecular complexity index is 2580. The monoisotopic (exact) mass is 731 g/mol. The third kappa shape index (κ3) is 5.71. The summed E-state index contributed by atoms with van der Waals surface area (Å²) in [6.07, 6.45) is 12.0. The molecule has 0 unspecified atom stereocenters. The Morgan fingerprint density at radius 1 is 0.685 bits per heavy atom. The van der Waals surface area contributed by atoms with E-state index in [1.54, 1.807) is 12.1 Å². The zero-order valence-electron chi connectivity index (χ0n) is 32.5. The molecule has 0 spiro atoms. The third-order valence-corrected chi connectivity index (χ3v) is 13.8. The molecule has 0 aromatic heterocycles. The first-order chi connectivity index (χ1) is 26.0. The first-order valence-corrected chi connectivity index (χ1v) is 21.1. The maximum absolute atomic E-state index is 14.7. The molecule has 0 atom stereocenters. The second kappa shape index (κ2) is 13.7. The van der Waals surface area contributed by atoms with Gasteiger partial charge in [-0.3, -0.25) is 0 Å². The van der Waals surface area contributed by atoms with Crippen LogP contribution in [0.5, 0.6) is 0 Å². The summed E-state index contributed by atoms with van der Waals surface area (Å²) in [6, 6.07) is 35.2. The van der Waals surface area contributed by atoms with Crippen LogP contribution in [0.15, 0.2) is 154 Å². The first-order valence-electron chi connectivity index (χ1n) is 19.6. The number of hydrogen-bond acceptors (Lipinski definition) is 3. The Kier molecular flexibility index (Phi) is 9.13. The number of nitrogens with zero attached hydrogens (tertiary/aromatic N) is 2. The SMILES string of the molecule is CCCN1/C(=C/C=C2\CCC(/C=C/C3=[N+](CCC)c4ccc5ccccc5c4C3(C)C)=C2S(=O)(=O)c2ccccc2)C(C)(C)c2c1ccc1ccccc21. The molecule has 0 bridgehead atoms. The second-order valence-corrected chi connectivity index (χ2v) is 17.9. The summed E-state index contributed by atoms with van der Waals surface area (Å²) in [5, 5.41) is 5.03. The first kappa shape index (κ1) is 36.0. The highest BCUT2D eigenvalue weighted by Gasteiger charge is 2.46. The predicted molar refractivity (Wildman–Crippen MR) is 227 cm³/mol. The van der Waals surface area contributed by atoms with Crippen LogP contribution < -0.4 is 4.90 Å². The molecule has 54 heavy (non-hydrogen) atoms. The van der Waals surface area contributed by atoms with Crippen molar-refractivity contribution < 1.29 is 13.0 Å². The molecule has 3 aliphatic rings. The Balaban J connectivity index is 1.27. The predicted octanol–water partition coefficient (Wildman–Crippen LogP) is 11.9. The molecular weight excluding hydrogens is 681 g/mol. The van der Waals surface area contributed by atoms with Crippen LogP contribution in [0.1, 0.15) is 78.4 Å². The van der Waals surface area contributed by atoms with Gasteiger partial charge in [-0.2, -0.15) is 4.58 Å². The van der Waals surface area contributed by atoms with Crippen LogP contribution in [0.25, 0.3) is 21.5 Å². The molecule has 274 valence electrons. The van der Waals surface area contributed by atoms with Gasteiger partial charge in [-0.15, -0.1) is 0 Å². The van der Waals surface area contributed by atoms with E-state index < -0.39 is 9.84 Å². The van der Waals surface area contributed by atoms with Crippen molar-refractivity contribution in [2.45, 2.75) is 83.0 Å². The Morgan fingerprint density at radius 3 is 2.02 bits per heavy atom. The molecule has 5 aromatic carbocycles. The molecule has 2 aliphatic heterocycles. The van der Waals surface area contributed by atoms with Gasteiger partial charge in [-0.05, 0) is 102 Å². The highest BCUT2D eigenvalue weighted by atomic mass is 32.2. The summed E-state index contributed by atoms with van der Waals surface area (Å²) in [7, 11) is -3.80. The van der Waals surface area contributed by atoms with Crippen LogP contribution >= 0.6 is 0 Å². The number of sulfone groups is 1. The maximum Gasteiger partial charge on any atom is 0.210 e. The molecule has 0 fully saturated rings. The summed E-state index contributed by atoms with van der Waals surface area (Å²) >= 11 is 0. The lowest BCUT2D eigenvalue weighted by Gasteiger charge is -2.27. The molecule has 0 saturated carbocycles. The van der Waals surface area contributed by atoms with Crippen LogP contribution in [0.4, 0.5) is 11.4 Å². The molecule has 0 saturated heterocycles. The minimum absolute atomic E-state index is 0.265. The highest BCUT2D eigenvalue weighted by molar-refractivity contribution is 7.95. The molecule has 4 nitrogen and oxygen atoms in total. The lowest BCUT2D eigenvalue weighted by molar-refractivity contribution is -0.437. The van der Waals surface area contributed by atoms with E-state index in [-0.39, 0.29) is 10.8 Å².